The van der Waals surface area contributed by atoms with Gasteiger partial charge in [-0.15, -0.1) is 0 Å². The first-order chi connectivity index (χ1) is 8.59. The molecule has 98 valence electrons. The summed E-state index contributed by atoms with van der Waals surface area (Å²) in [5.74, 6) is 0.0471. The van der Waals surface area contributed by atoms with Crippen LogP contribution >= 0.6 is 0 Å². The maximum absolute atomic E-state index is 12.4. The minimum Gasteiger partial charge on any atom is -0.378 e. The molecule has 1 saturated heterocycles. The number of amides is 1. The van der Waals surface area contributed by atoms with Gasteiger partial charge in [-0.25, -0.2) is 0 Å². The fraction of sp³-hybridized carbons (Fsp3) is 0.500. The monoisotopic (exact) mass is 248 g/mol. The molecule has 1 atom stereocenters. The number of carbonyl (C=O) groups is 1. The predicted octanol–water partition coefficient (Wildman–Crippen LogP) is 1.96. The fourth-order valence-electron chi connectivity index (χ4n) is 2.11. The molecule has 0 radical (unpaired) electrons. The Hall–Kier alpha value is -1.55. The summed E-state index contributed by atoms with van der Waals surface area (Å²) in [6.07, 6.45) is 0.776. The zero-order chi connectivity index (χ0) is 13.1. The largest absolute Gasteiger partial charge is 0.378 e. The van der Waals surface area contributed by atoms with Crippen molar-refractivity contribution in [1.29, 1.82) is 0 Å². The van der Waals surface area contributed by atoms with Crippen molar-refractivity contribution in [3.8, 4) is 0 Å². The van der Waals surface area contributed by atoms with E-state index in [1.54, 1.807) is 4.90 Å². The van der Waals surface area contributed by atoms with Crippen LogP contribution in [0.2, 0.25) is 0 Å². The van der Waals surface area contributed by atoms with Crippen LogP contribution in [0.5, 0.6) is 0 Å². The first kappa shape index (κ1) is 12.9. The second-order valence-corrected chi connectivity index (χ2v) is 4.77. The van der Waals surface area contributed by atoms with Crippen molar-refractivity contribution in [2.45, 2.75) is 19.6 Å². The SMILES string of the molecule is CC1OCCCN1C(=O)c1cccc(N(C)C)c1. The molecule has 1 heterocycles. The Morgan fingerprint density at radius 1 is 1.44 bits per heavy atom. The topological polar surface area (TPSA) is 32.8 Å². The minimum absolute atomic E-state index is 0.0471. The number of ether oxygens (including phenoxy) is 1. The lowest BCUT2D eigenvalue weighted by Gasteiger charge is -2.33. The standard InChI is InChI=1S/C14H20N2O2/c1-11-16(8-5-9-18-11)14(17)12-6-4-7-13(10-12)15(2)3/h4,6-7,10-11H,5,8-9H2,1-3H3. The van der Waals surface area contributed by atoms with E-state index in [1.807, 2.05) is 50.2 Å². The van der Waals surface area contributed by atoms with E-state index in [1.165, 1.54) is 0 Å². The van der Waals surface area contributed by atoms with E-state index >= 15 is 0 Å². The summed E-state index contributed by atoms with van der Waals surface area (Å²) >= 11 is 0. The van der Waals surface area contributed by atoms with Crippen LogP contribution in [-0.2, 0) is 4.74 Å². The van der Waals surface area contributed by atoms with Crippen LogP contribution < -0.4 is 4.90 Å². The van der Waals surface area contributed by atoms with Gasteiger partial charge in [0.25, 0.3) is 5.91 Å². The second-order valence-electron chi connectivity index (χ2n) is 4.77. The molecule has 1 amide bonds. The van der Waals surface area contributed by atoms with E-state index in [4.69, 9.17) is 4.74 Å². The van der Waals surface area contributed by atoms with Gasteiger partial charge in [-0.3, -0.25) is 4.79 Å². The van der Waals surface area contributed by atoms with E-state index in [-0.39, 0.29) is 12.1 Å². The molecule has 0 N–H and O–H groups in total. The molecular formula is C14H20N2O2. The molecule has 4 nitrogen and oxygen atoms in total. The molecule has 1 aliphatic heterocycles. The zero-order valence-corrected chi connectivity index (χ0v) is 11.2. The maximum atomic E-state index is 12.4. The fourth-order valence-corrected chi connectivity index (χ4v) is 2.11. The Kier molecular flexibility index (Phi) is 3.87. The first-order valence-electron chi connectivity index (χ1n) is 6.29. The Morgan fingerprint density at radius 2 is 2.22 bits per heavy atom. The van der Waals surface area contributed by atoms with E-state index in [9.17, 15) is 4.79 Å². The Labute approximate surface area is 108 Å². The van der Waals surface area contributed by atoms with Crippen LogP contribution in [0.4, 0.5) is 5.69 Å². The lowest BCUT2D eigenvalue weighted by molar-refractivity contribution is -0.0661. The highest BCUT2D eigenvalue weighted by atomic mass is 16.5. The molecule has 1 aromatic rings. The molecule has 1 unspecified atom stereocenters. The number of rotatable bonds is 2. The molecule has 1 fully saturated rings. The van der Waals surface area contributed by atoms with Crippen molar-refractivity contribution < 1.29 is 9.53 Å². The van der Waals surface area contributed by atoms with Crippen molar-refractivity contribution in [2.75, 3.05) is 32.1 Å². The van der Waals surface area contributed by atoms with E-state index in [0.29, 0.717) is 0 Å². The van der Waals surface area contributed by atoms with Crippen molar-refractivity contribution >= 4 is 11.6 Å². The first-order valence-corrected chi connectivity index (χ1v) is 6.29. The van der Waals surface area contributed by atoms with Gasteiger partial charge in [-0.1, -0.05) is 6.07 Å². The molecule has 18 heavy (non-hydrogen) atoms. The van der Waals surface area contributed by atoms with Gasteiger partial charge < -0.3 is 14.5 Å². The summed E-state index contributed by atoms with van der Waals surface area (Å²) in [6, 6.07) is 7.69. The van der Waals surface area contributed by atoms with Crippen molar-refractivity contribution in [1.82, 2.24) is 4.90 Å². The second kappa shape index (κ2) is 5.40. The van der Waals surface area contributed by atoms with Gasteiger partial charge in [0.1, 0.15) is 6.23 Å². The molecule has 2 rings (SSSR count). The molecule has 0 aromatic heterocycles. The van der Waals surface area contributed by atoms with Crippen LogP contribution in [-0.4, -0.2) is 44.3 Å². The average molecular weight is 248 g/mol. The number of benzene rings is 1. The third kappa shape index (κ3) is 2.64. The van der Waals surface area contributed by atoms with Gasteiger partial charge in [0.15, 0.2) is 0 Å². The van der Waals surface area contributed by atoms with E-state index in [0.717, 1.165) is 30.8 Å². The number of nitrogens with zero attached hydrogens (tertiary/aromatic N) is 2. The molecule has 0 aliphatic carbocycles. The van der Waals surface area contributed by atoms with Crippen LogP contribution in [0, 0.1) is 0 Å². The van der Waals surface area contributed by atoms with Gasteiger partial charge in [-0.05, 0) is 31.5 Å². The van der Waals surface area contributed by atoms with Crippen LogP contribution in [0.15, 0.2) is 24.3 Å². The quantitative estimate of drug-likeness (QED) is 0.802. The van der Waals surface area contributed by atoms with Gasteiger partial charge >= 0.3 is 0 Å². The Balaban J connectivity index is 2.19. The number of anilines is 1. The van der Waals surface area contributed by atoms with E-state index < -0.39 is 0 Å². The number of carbonyl (C=O) groups excluding carboxylic acids is 1. The third-order valence-corrected chi connectivity index (χ3v) is 3.21. The molecule has 1 aliphatic rings. The summed E-state index contributed by atoms with van der Waals surface area (Å²) < 4.78 is 5.51. The third-order valence-electron chi connectivity index (χ3n) is 3.21. The molecule has 1 aromatic carbocycles. The maximum Gasteiger partial charge on any atom is 0.255 e. The highest BCUT2D eigenvalue weighted by molar-refractivity contribution is 5.95. The Bertz CT molecular complexity index is 432. The van der Waals surface area contributed by atoms with Crippen molar-refractivity contribution in [3.05, 3.63) is 29.8 Å². The number of hydrogen-bond donors (Lipinski definition) is 0. The normalized spacial score (nSPS) is 19.7. The van der Waals surface area contributed by atoms with Gasteiger partial charge in [0.05, 0.1) is 6.61 Å². The minimum atomic E-state index is -0.130. The van der Waals surface area contributed by atoms with Gasteiger partial charge in [0, 0.05) is 31.9 Å². The molecule has 4 heteroatoms. The molecular weight excluding hydrogens is 228 g/mol. The lowest BCUT2D eigenvalue weighted by atomic mass is 10.1. The molecule has 0 spiro atoms. The smallest absolute Gasteiger partial charge is 0.255 e. The van der Waals surface area contributed by atoms with E-state index in [2.05, 4.69) is 0 Å². The zero-order valence-electron chi connectivity index (χ0n) is 11.2. The van der Waals surface area contributed by atoms with Crippen molar-refractivity contribution in [2.24, 2.45) is 0 Å². The summed E-state index contributed by atoms with van der Waals surface area (Å²) in [5.41, 5.74) is 1.75. The molecule has 0 bridgehead atoms. The van der Waals surface area contributed by atoms with Gasteiger partial charge in [0.2, 0.25) is 0 Å². The summed E-state index contributed by atoms with van der Waals surface area (Å²) in [6.45, 7) is 3.43. The Morgan fingerprint density at radius 3 is 2.89 bits per heavy atom. The highest BCUT2D eigenvalue weighted by Crippen LogP contribution is 2.18. The lowest BCUT2D eigenvalue weighted by Crippen LogP contribution is -2.44. The number of hydrogen-bond acceptors (Lipinski definition) is 3. The summed E-state index contributed by atoms with van der Waals surface area (Å²) in [5, 5.41) is 0. The highest BCUT2D eigenvalue weighted by Gasteiger charge is 2.24. The molecule has 0 saturated carbocycles. The van der Waals surface area contributed by atoms with Crippen molar-refractivity contribution in [3.63, 3.8) is 0 Å². The van der Waals surface area contributed by atoms with Crippen LogP contribution in [0.25, 0.3) is 0 Å². The van der Waals surface area contributed by atoms with Crippen LogP contribution in [0.3, 0.4) is 0 Å². The predicted molar refractivity (Wildman–Crippen MR) is 71.8 cm³/mol. The summed E-state index contributed by atoms with van der Waals surface area (Å²) in [4.78, 5) is 16.2. The average Bonchev–Trinajstić information content (AvgIpc) is 2.38. The van der Waals surface area contributed by atoms with Crippen LogP contribution in [0.1, 0.15) is 23.7 Å². The summed E-state index contributed by atoms with van der Waals surface area (Å²) in [7, 11) is 3.94. The van der Waals surface area contributed by atoms with Gasteiger partial charge in [-0.2, -0.15) is 0 Å².